The Balaban J connectivity index is 1.31. The average molecular weight is 604 g/mol. The van der Waals surface area contributed by atoms with Gasteiger partial charge in [-0.05, 0) is 48.2 Å². The lowest BCUT2D eigenvalue weighted by molar-refractivity contribution is -0.125. The SMILES string of the molecule is COc1cc2ccc1CNC(=O)CCc1ccc(OC)c(c1)OCC(=O)N[C@@H]1CN(CCOCc3ccccc3)CC[C@@H]1O2. The second-order valence-corrected chi connectivity index (χ2v) is 11.0. The highest BCUT2D eigenvalue weighted by atomic mass is 16.5. The normalized spacial score (nSPS) is 19.6. The lowest BCUT2D eigenvalue weighted by Crippen LogP contribution is -2.58. The summed E-state index contributed by atoms with van der Waals surface area (Å²) >= 11 is 0. The van der Waals surface area contributed by atoms with Gasteiger partial charge < -0.3 is 34.3 Å². The molecule has 0 spiro atoms. The van der Waals surface area contributed by atoms with E-state index >= 15 is 0 Å². The first-order chi connectivity index (χ1) is 21.5. The van der Waals surface area contributed by atoms with E-state index in [2.05, 4.69) is 15.5 Å². The number of aryl methyl sites for hydroxylation is 1. The molecule has 44 heavy (non-hydrogen) atoms. The Morgan fingerprint density at radius 1 is 0.932 bits per heavy atom. The molecule has 2 amide bonds. The van der Waals surface area contributed by atoms with Gasteiger partial charge in [-0.3, -0.25) is 14.5 Å². The van der Waals surface area contributed by atoms with Gasteiger partial charge in [-0.15, -0.1) is 0 Å². The summed E-state index contributed by atoms with van der Waals surface area (Å²) in [6, 6.07) is 20.9. The molecule has 0 aliphatic carbocycles. The molecule has 3 aromatic carbocycles. The fourth-order valence-corrected chi connectivity index (χ4v) is 5.48. The third kappa shape index (κ3) is 8.64. The van der Waals surface area contributed by atoms with E-state index in [0.717, 1.165) is 29.8 Å². The number of hydrogen-bond donors (Lipinski definition) is 2. The molecule has 6 rings (SSSR count). The molecule has 2 atom stereocenters. The van der Waals surface area contributed by atoms with Gasteiger partial charge in [0.2, 0.25) is 5.91 Å². The summed E-state index contributed by atoms with van der Waals surface area (Å²) in [6.45, 7) is 3.42. The molecule has 0 saturated carbocycles. The van der Waals surface area contributed by atoms with Crippen LogP contribution in [-0.2, 0) is 33.9 Å². The van der Waals surface area contributed by atoms with Crippen LogP contribution in [0, 0.1) is 0 Å². The zero-order valence-electron chi connectivity index (χ0n) is 25.4. The van der Waals surface area contributed by atoms with Crippen LogP contribution in [0.5, 0.6) is 23.0 Å². The number of fused-ring (bicyclic) bond motifs is 9. The minimum absolute atomic E-state index is 0.0805. The molecular formula is C34H41N3O7. The molecule has 1 saturated heterocycles. The van der Waals surface area contributed by atoms with Gasteiger partial charge >= 0.3 is 0 Å². The summed E-state index contributed by atoms with van der Waals surface area (Å²) in [5.74, 6) is 1.89. The number of likely N-dealkylation sites (tertiary alicyclic amines) is 1. The summed E-state index contributed by atoms with van der Waals surface area (Å²) in [7, 11) is 3.15. The third-order valence-corrected chi connectivity index (χ3v) is 7.89. The van der Waals surface area contributed by atoms with Crippen molar-refractivity contribution in [3.63, 3.8) is 0 Å². The lowest BCUT2D eigenvalue weighted by Gasteiger charge is -2.38. The number of nitrogens with one attached hydrogen (secondary N) is 2. The maximum atomic E-state index is 13.2. The number of carbonyl (C=O) groups is 2. The van der Waals surface area contributed by atoms with Crippen LogP contribution in [0.4, 0.5) is 0 Å². The number of carbonyl (C=O) groups excluding carboxylic acids is 2. The number of nitrogens with zero attached hydrogens (tertiary/aromatic N) is 1. The van der Waals surface area contributed by atoms with Crippen LogP contribution in [0.25, 0.3) is 0 Å². The van der Waals surface area contributed by atoms with Crippen LogP contribution >= 0.6 is 0 Å². The highest BCUT2D eigenvalue weighted by molar-refractivity contribution is 5.78. The second-order valence-electron chi connectivity index (χ2n) is 11.0. The Morgan fingerprint density at radius 2 is 1.77 bits per heavy atom. The van der Waals surface area contributed by atoms with Crippen molar-refractivity contribution in [3.8, 4) is 23.0 Å². The van der Waals surface area contributed by atoms with E-state index in [4.69, 9.17) is 23.7 Å². The highest BCUT2D eigenvalue weighted by Crippen LogP contribution is 2.30. The fraction of sp³-hybridized carbons (Fsp3) is 0.412. The predicted octanol–water partition coefficient (Wildman–Crippen LogP) is 3.50. The van der Waals surface area contributed by atoms with Crippen LogP contribution in [0.1, 0.15) is 29.5 Å². The first kappa shape index (κ1) is 31.2. The quantitative estimate of drug-likeness (QED) is 0.396. The molecule has 3 heterocycles. The number of ether oxygens (including phenoxy) is 5. The number of benzene rings is 3. The van der Waals surface area contributed by atoms with Gasteiger partial charge in [-0.2, -0.15) is 0 Å². The van der Waals surface area contributed by atoms with Gasteiger partial charge in [0.25, 0.3) is 5.91 Å². The van der Waals surface area contributed by atoms with Crippen molar-refractivity contribution in [1.29, 1.82) is 0 Å². The third-order valence-electron chi connectivity index (χ3n) is 7.89. The molecule has 10 nitrogen and oxygen atoms in total. The van der Waals surface area contributed by atoms with E-state index in [1.54, 1.807) is 20.3 Å². The van der Waals surface area contributed by atoms with E-state index in [0.29, 0.717) is 68.6 Å². The lowest BCUT2D eigenvalue weighted by atomic mass is 10.0. The molecule has 3 aliphatic rings. The number of hydrogen-bond acceptors (Lipinski definition) is 8. The molecule has 4 bridgehead atoms. The first-order valence-corrected chi connectivity index (χ1v) is 15.0. The van der Waals surface area contributed by atoms with Crippen LogP contribution in [0.2, 0.25) is 0 Å². The Morgan fingerprint density at radius 3 is 2.59 bits per heavy atom. The smallest absolute Gasteiger partial charge is 0.258 e. The van der Waals surface area contributed by atoms with E-state index < -0.39 is 0 Å². The molecule has 0 radical (unpaired) electrons. The van der Waals surface area contributed by atoms with Crippen LogP contribution in [0.15, 0.2) is 66.7 Å². The maximum Gasteiger partial charge on any atom is 0.258 e. The second kappa shape index (κ2) is 15.4. The van der Waals surface area contributed by atoms with Crippen molar-refractivity contribution in [2.75, 3.05) is 47.1 Å². The molecule has 0 unspecified atom stereocenters. The van der Waals surface area contributed by atoms with Gasteiger partial charge in [0.05, 0.1) is 33.5 Å². The average Bonchev–Trinajstić information content (AvgIpc) is 3.05. The molecule has 1 fully saturated rings. The van der Waals surface area contributed by atoms with Crippen molar-refractivity contribution in [1.82, 2.24) is 15.5 Å². The van der Waals surface area contributed by atoms with Crippen LogP contribution < -0.4 is 29.6 Å². The van der Waals surface area contributed by atoms with E-state index in [-0.39, 0.29) is 30.6 Å². The largest absolute Gasteiger partial charge is 0.496 e. The van der Waals surface area contributed by atoms with Crippen molar-refractivity contribution in [2.24, 2.45) is 0 Å². The Kier molecular flexibility index (Phi) is 10.9. The van der Waals surface area contributed by atoms with Crippen molar-refractivity contribution in [3.05, 3.63) is 83.4 Å². The van der Waals surface area contributed by atoms with Gasteiger partial charge in [-0.1, -0.05) is 36.4 Å². The molecule has 234 valence electrons. The predicted molar refractivity (Wildman–Crippen MR) is 165 cm³/mol. The number of methoxy groups -OCH3 is 2. The minimum atomic E-state index is -0.283. The summed E-state index contributed by atoms with van der Waals surface area (Å²) in [5.41, 5.74) is 2.89. The fourth-order valence-electron chi connectivity index (χ4n) is 5.48. The molecule has 10 heteroatoms. The van der Waals surface area contributed by atoms with Crippen LogP contribution in [0.3, 0.4) is 0 Å². The van der Waals surface area contributed by atoms with Gasteiger partial charge in [0, 0.05) is 44.2 Å². The van der Waals surface area contributed by atoms with Gasteiger partial charge in [0.15, 0.2) is 18.1 Å². The molecule has 0 aromatic heterocycles. The number of amides is 2. The highest BCUT2D eigenvalue weighted by Gasteiger charge is 2.32. The van der Waals surface area contributed by atoms with Gasteiger partial charge in [0.1, 0.15) is 17.6 Å². The topological polar surface area (TPSA) is 108 Å². The molecule has 3 aliphatic heterocycles. The van der Waals surface area contributed by atoms with E-state index in [1.165, 1.54) is 0 Å². The summed E-state index contributed by atoms with van der Waals surface area (Å²) in [4.78, 5) is 28.1. The summed E-state index contributed by atoms with van der Waals surface area (Å²) in [6.07, 6.45) is 1.25. The van der Waals surface area contributed by atoms with Crippen molar-refractivity contribution < 1.29 is 33.3 Å². The monoisotopic (exact) mass is 603 g/mol. The van der Waals surface area contributed by atoms with Crippen LogP contribution in [-0.4, -0.2) is 75.9 Å². The molecule has 3 aromatic rings. The molecular weight excluding hydrogens is 562 g/mol. The Bertz CT molecular complexity index is 1400. The Labute approximate surface area is 258 Å². The number of piperidine rings is 1. The van der Waals surface area contributed by atoms with Crippen molar-refractivity contribution in [2.45, 2.75) is 44.6 Å². The zero-order chi connectivity index (χ0) is 30.7. The van der Waals surface area contributed by atoms with E-state index in [9.17, 15) is 9.59 Å². The maximum absolute atomic E-state index is 13.2. The molecule has 2 N–H and O–H groups in total. The van der Waals surface area contributed by atoms with E-state index in [1.807, 2.05) is 60.7 Å². The first-order valence-electron chi connectivity index (χ1n) is 15.0. The van der Waals surface area contributed by atoms with Gasteiger partial charge in [-0.25, -0.2) is 0 Å². The minimum Gasteiger partial charge on any atom is -0.496 e. The summed E-state index contributed by atoms with van der Waals surface area (Å²) in [5, 5.41) is 6.13. The zero-order valence-corrected chi connectivity index (χ0v) is 25.4. The van der Waals surface area contributed by atoms with Crippen molar-refractivity contribution >= 4 is 11.8 Å². The standard InChI is InChI=1S/C34H41N3O7/c1-40-30-12-8-24-9-13-33(38)35-20-26-10-11-27(19-31(26)41-2)44-29-14-15-37(16-17-42-22-25-6-4-3-5-7-25)21-28(29)36-34(39)23-43-32(30)18-24/h3-8,10-12,18-19,28-29H,9,13-17,20-23H2,1-2H3,(H,35,38)(H,36,39)/t28-,29+/m1/s1. The Hall–Kier alpha value is -4.28. The summed E-state index contributed by atoms with van der Waals surface area (Å²) < 4.78 is 29.4. The number of rotatable bonds is 7.